The molecule has 1 aliphatic carbocycles. The van der Waals surface area contributed by atoms with E-state index in [1.807, 2.05) is 11.8 Å². The van der Waals surface area contributed by atoms with Crippen LogP contribution >= 0.6 is 11.8 Å². The molecule has 1 fully saturated rings. The van der Waals surface area contributed by atoms with Crippen molar-refractivity contribution in [2.24, 2.45) is 0 Å². The smallest absolute Gasteiger partial charge is 0.166 e. The molecule has 0 saturated heterocycles. The van der Waals surface area contributed by atoms with Crippen LogP contribution in [0.5, 0.6) is 0 Å². The van der Waals surface area contributed by atoms with Gasteiger partial charge in [0.1, 0.15) is 0 Å². The fourth-order valence-electron chi connectivity index (χ4n) is 3.04. The second-order valence-corrected chi connectivity index (χ2v) is 6.98. The molecule has 0 spiro atoms. The number of aromatic nitrogens is 2. The van der Waals surface area contributed by atoms with Crippen LogP contribution in [0.15, 0.2) is 23.4 Å². The van der Waals surface area contributed by atoms with E-state index in [9.17, 15) is 0 Å². The van der Waals surface area contributed by atoms with Crippen molar-refractivity contribution in [3.8, 4) is 0 Å². The van der Waals surface area contributed by atoms with E-state index in [1.165, 1.54) is 37.7 Å². The summed E-state index contributed by atoms with van der Waals surface area (Å²) >= 11 is 1.91. The zero-order valence-electron chi connectivity index (χ0n) is 12.3. The molecule has 1 aromatic carbocycles. The Kier molecular flexibility index (Phi) is 4.32. The topological polar surface area (TPSA) is 40.7 Å². The number of thioether (sulfide) groups is 1. The summed E-state index contributed by atoms with van der Waals surface area (Å²) in [6.45, 7) is 2.12. The number of hydrogen-bond donors (Lipinski definition) is 2. The van der Waals surface area contributed by atoms with Gasteiger partial charge in [-0.05, 0) is 44.5 Å². The van der Waals surface area contributed by atoms with E-state index in [-0.39, 0.29) is 0 Å². The molecule has 108 valence electrons. The third-order valence-electron chi connectivity index (χ3n) is 4.20. The summed E-state index contributed by atoms with van der Waals surface area (Å²) in [4.78, 5) is 8.20. The quantitative estimate of drug-likeness (QED) is 0.842. The monoisotopic (exact) mass is 289 g/mol. The van der Waals surface area contributed by atoms with E-state index in [4.69, 9.17) is 4.98 Å². The summed E-state index contributed by atoms with van der Waals surface area (Å²) in [5.74, 6) is 0. The Labute approximate surface area is 124 Å². The standard InChI is InChI=1S/C16H23N3S/c1-11-8-9-12-14(10-11)19-16(18-12)20-15-7-5-3-4-6-13(15)17-2/h8-10,13,15,17H,3-7H2,1-2H3,(H,18,19). The van der Waals surface area contributed by atoms with E-state index < -0.39 is 0 Å². The number of hydrogen-bond acceptors (Lipinski definition) is 3. The largest absolute Gasteiger partial charge is 0.333 e. The second-order valence-electron chi connectivity index (χ2n) is 5.75. The molecule has 0 bridgehead atoms. The molecule has 2 unspecified atom stereocenters. The molecule has 1 saturated carbocycles. The van der Waals surface area contributed by atoms with Crippen LogP contribution in [0.1, 0.15) is 37.7 Å². The molecule has 2 aromatic rings. The maximum absolute atomic E-state index is 4.73. The molecule has 1 aliphatic rings. The summed E-state index contributed by atoms with van der Waals surface area (Å²) < 4.78 is 0. The highest BCUT2D eigenvalue weighted by atomic mass is 32.2. The number of nitrogens with one attached hydrogen (secondary N) is 2. The molecule has 0 radical (unpaired) electrons. The van der Waals surface area contributed by atoms with Crippen molar-refractivity contribution in [3.63, 3.8) is 0 Å². The number of benzene rings is 1. The van der Waals surface area contributed by atoms with Crippen LogP contribution in [0, 0.1) is 6.92 Å². The van der Waals surface area contributed by atoms with Crippen molar-refractivity contribution in [2.75, 3.05) is 7.05 Å². The maximum Gasteiger partial charge on any atom is 0.166 e. The zero-order valence-corrected chi connectivity index (χ0v) is 13.1. The Morgan fingerprint density at radius 3 is 2.95 bits per heavy atom. The second kappa shape index (κ2) is 6.19. The molecule has 1 aromatic heterocycles. The summed E-state index contributed by atoms with van der Waals surface area (Å²) in [6.07, 6.45) is 6.63. The van der Waals surface area contributed by atoms with Crippen LogP contribution in [-0.4, -0.2) is 28.3 Å². The van der Waals surface area contributed by atoms with Gasteiger partial charge >= 0.3 is 0 Å². The molecule has 0 aliphatic heterocycles. The van der Waals surface area contributed by atoms with Gasteiger partial charge in [0.05, 0.1) is 11.0 Å². The number of aryl methyl sites for hydroxylation is 1. The lowest BCUT2D eigenvalue weighted by Gasteiger charge is -2.23. The molecule has 2 N–H and O–H groups in total. The van der Waals surface area contributed by atoms with Crippen LogP contribution in [0.4, 0.5) is 0 Å². The van der Waals surface area contributed by atoms with Gasteiger partial charge in [-0.2, -0.15) is 0 Å². The van der Waals surface area contributed by atoms with Gasteiger partial charge < -0.3 is 10.3 Å². The first kappa shape index (κ1) is 14.0. The number of H-pyrrole nitrogens is 1. The third kappa shape index (κ3) is 3.01. The van der Waals surface area contributed by atoms with Crippen LogP contribution in [0.3, 0.4) is 0 Å². The van der Waals surface area contributed by atoms with E-state index in [0.717, 1.165) is 16.2 Å². The van der Waals surface area contributed by atoms with Gasteiger partial charge in [0.15, 0.2) is 5.16 Å². The lowest BCUT2D eigenvalue weighted by atomic mass is 10.1. The maximum atomic E-state index is 4.73. The number of fused-ring (bicyclic) bond motifs is 1. The molecular weight excluding hydrogens is 266 g/mol. The number of nitrogens with zero attached hydrogens (tertiary/aromatic N) is 1. The summed E-state index contributed by atoms with van der Waals surface area (Å²) in [7, 11) is 2.09. The van der Waals surface area contributed by atoms with Crippen molar-refractivity contribution < 1.29 is 0 Å². The van der Waals surface area contributed by atoms with E-state index in [0.29, 0.717) is 11.3 Å². The first-order valence-corrected chi connectivity index (χ1v) is 8.44. The van der Waals surface area contributed by atoms with Crippen LogP contribution in [0.25, 0.3) is 11.0 Å². The predicted molar refractivity (Wildman–Crippen MR) is 86.4 cm³/mol. The van der Waals surface area contributed by atoms with Crippen molar-refractivity contribution in [3.05, 3.63) is 23.8 Å². The average Bonchev–Trinajstić information content (AvgIpc) is 2.68. The minimum atomic E-state index is 0.609. The van der Waals surface area contributed by atoms with Gasteiger partial charge in [-0.1, -0.05) is 37.1 Å². The minimum Gasteiger partial charge on any atom is -0.333 e. The molecule has 2 atom stereocenters. The number of rotatable bonds is 3. The highest BCUT2D eigenvalue weighted by Crippen LogP contribution is 2.32. The van der Waals surface area contributed by atoms with Crippen LogP contribution in [0.2, 0.25) is 0 Å². The van der Waals surface area contributed by atoms with E-state index >= 15 is 0 Å². The molecule has 0 amide bonds. The van der Waals surface area contributed by atoms with Gasteiger partial charge in [-0.3, -0.25) is 0 Å². The molecule has 3 rings (SSSR count). The van der Waals surface area contributed by atoms with Crippen LogP contribution < -0.4 is 5.32 Å². The number of imidazole rings is 1. The SMILES string of the molecule is CNC1CCCCCC1Sc1nc2ccc(C)cc2[nH]1. The number of aromatic amines is 1. The third-order valence-corrected chi connectivity index (χ3v) is 5.49. The van der Waals surface area contributed by atoms with Crippen LogP contribution in [-0.2, 0) is 0 Å². The van der Waals surface area contributed by atoms with Gasteiger partial charge in [0.25, 0.3) is 0 Å². The van der Waals surface area contributed by atoms with Gasteiger partial charge in [0, 0.05) is 11.3 Å². The molecular formula is C16H23N3S. The first-order chi connectivity index (χ1) is 9.76. The Morgan fingerprint density at radius 1 is 1.25 bits per heavy atom. The Bertz CT molecular complexity index is 578. The van der Waals surface area contributed by atoms with Gasteiger partial charge in [0.2, 0.25) is 0 Å². The normalized spacial score (nSPS) is 23.9. The lowest BCUT2D eigenvalue weighted by Crippen LogP contribution is -2.34. The van der Waals surface area contributed by atoms with E-state index in [1.54, 1.807) is 0 Å². The first-order valence-electron chi connectivity index (χ1n) is 7.56. The molecule has 20 heavy (non-hydrogen) atoms. The van der Waals surface area contributed by atoms with Crippen molar-refractivity contribution in [2.45, 2.75) is 55.5 Å². The fraction of sp³-hybridized carbons (Fsp3) is 0.562. The zero-order chi connectivity index (χ0) is 13.9. The highest BCUT2D eigenvalue weighted by molar-refractivity contribution is 7.99. The van der Waals surface area contributed by atoms with Gasteiger partial charge in [-0.25, -0.2) is 4.98 Å². The van der Waals surface area contributed by atoms with Gasteiger partial charge in [-0.15, -0.1) is 0 Å². The summed E-state index contributed by atoms with van der Waals surface area (Å²) in [5, 5.41) is 5.19. The molecule has 4 heteroatoms. The van der Waals surface area contributed by atoms with E-state index in [2.05, 4.69) is 42.5 Å². The minimum absolute atomic E-state index is 0.609. The van der Waals surface area contributed by atoms with Crippen molar-refractivity contribution >= 4 is 22.8 Å². The summed E-state index contributed by atoms with van der Waals surface area (Å²) in [6, 6.07) is 7.01. The average molecular weight is 289 g/mol. The van der Waals surface area contributed by atoms with Crippen molar-refractivity contribution in [1.82, 2.24) is 15.3 Å². The molecule has 1 heterocycles. The lowest BCUT2D eigenvalue weighted by molar-refractivity contribution is 0.509. The summed E-state index contributed by atoms with van der Waals surface area (Å²) in [5.41, 5.74) is 3.51. The Hall–Kier alpha value is -1.00. The predicted octanol–water partition coefficient (Wildman–Crippen LogP) is 3.88. The van der Waals surface area contributed by atoms with Crippen molar-refractivity contribution in [1.29, 1.82) is 0 Å². The molecule has 3 nitrogen and oxygen atoms in total. The Balaban J connectivity index is 1.80. The Morgan fingerprint density at radius 2 is 2.10 bits per heavy atom. The fourth-order valence-corrected chi connectivity index (χ4v) is 4.37. The highest BCUT2D eigenvalue weighted by Gasteiger charge is 2.24.